The van der Waals surface area contributed by atoms with E-state index in [1.165, 1.54) is 24.2 Å². The van der Waals surface area contributed by atoms with Crippen molar-refractivity contribution in [2.45, 2.75) is 48.6 Å². The van der Waals surface area contributed by atoms with E-state index >= 15 is 0 Å². The van der Waals surface area contributed by atoms with Crippen LogP contribution in [0.1, 0.15) is 32.1 Å². The van der Waals surface area contributed by atoms with Gasteiger partial charge >= 0.3 is 0 Å². The molecule has 21 heavy (non-hydrogen) atoms. The lowest BCUT2D eigenvalue weighted by Crippen LogP contribution is -2.52. The van der Waals surface area contributed by atoms with Gasteiger partial charge in [-0.2, -0.15) is 0 Å². The highest BCUT2D eigenvalue weighted by molar-refractivity contribution is 7.99. The molecule has 0 bridgehead atoms. The Morgan fingerprint density at radius 1 is 1.48 bits per heavy atom. The maximum Gasteiger partial charge on any atom is 0.0685 e. The molecule has 5 heteroatoms. The van der Waals surface area contributed by atoms with Crippen LogP contribution in [-0.2, 0) is 4.74 Å². The summed E-state index contributed by atoms with van der Waals surface area (Å²) < 4.78 is 6.01. The monoisotopic (exact) mass is 326 g/mol. The van der Waals surface area contributed by atoms with Crippen molar-refractivity contribution in [1.29, 1.82) is 0 Å². The molecule has 2 unspecified atom stereocenters. The molecular formula is C16H23ClN2OS. The molecule has 0 aromatic heterocycles. The van der Waals surface area contributed by atoms with Crippen molar-refractivity contribution >= 4 is 23.4 Å². The van der Waals surface area contributed by atoms with Crippen LogP contribution in [0.3, 0.4) is 0 Å². The Morgan fingerprint density at radius 3 is 3.00 bits per heavy atom. The summed E-state index contributed by atoms with van der Waals surface area (Å²) in [6, 6.07) is 8.34. The van der Waals surface area contributed by atoms with Crippen LogP contribution in [-0.4, -0.2) is 24.0 Å². The summed E-state index contributed by atoms with van der Waals surface area (Å²) >= 11 is 7.86. The lowest BCUT2D eigenvalue weighted by Gasteiger charge is -2.48. The van der Waals surface area contributed by atoms with Crippen molar-refractivity contribution in [2.75, 3.05) is 12.4 Å². The summed E-state index contributed by atoms with van der Waals surface area (Å²) in [6.45, 7) is 0.880. The first-order valence-electron chi connectivity index (χ1n) is 7.69. The molecule has 3 rings (SSSR count). The third-order valence-corrected chi connectivity index (χ3v) is 6.15. The van der Waals surface area contributed by atoms with E-state index in [0.29, 0.717) is 12.0 Å². The summed E-state index contributed by atoms with van der Waals surface area (Å²) in [5.41, 5.74) is 3.21. The van der Waals surface area contributed by atoms with Gasteiger partial charge in [-0.25, -0.2) is 0 Å². The molecule has 1 saturated carbocycles. The zero-order chi connectivity index (χ0) is 14.7. The van der Waals surface area contributed by atoms with Gasteiger partial charge in [-0.1, -0.05) is 17.7 Å². The average molecular weight is 327 g/mol. The van der Waals surface area contributed by atoms with Gasteiger partial charge in [-0.15, -0.1) is 11.8 Å². The molecule has 1 aromatic rings. The maximum atomic E-state index is 6.04. The average Bonchev–Trinajstić information content (AvgIpc) is 2.47. The van der Waals surface area contributed by atoms with Gasteiger partial charge in [0.2, 0.25) is 0 Å². The fourth-order valence-electron chi connectivity index (χ4n) is 3.39. The largest absolute Gasteiger partial charge is 0.375 e. The van der Waals surface area contributed by atoms with Crippen LogP contribution in [0.25, 0.3) is 0 Å². The molecule has 3 nitrogen and oxygen atoms in total. The van der Waals surface area contributed by atoms with Crippen molar-refractivity contribution in [3.8, 4) is 0 Å². The standard InChI is InChI=1S/C16H23ClN2OS/c17-13-3-1-4-14(9-13)21-11-15(19-18)12-5-8-20-16(10-12)6-2-7-16/h1,3-4,9,12,15,19H,2,5-8,10-11,18H2. The van der Waals surface area contributed by atoms with Gasteiger partial charge in [0.15, 0.2) is 0 Å². The summed E-state index contributed by atoms with van der Waals surface area (Å²) in [7, 11) is 0. The molecule has 3 N–H and O–H groups in total. The summed E-state index contributed by atoms with van der Waals surface area (Å²) in [5.74, 6) is 7.39. The number of hydrazine groups is 1. The topological polar surface area (TPSA) is 47.3 Å². The van der Waals surface area contributed by atoms with Crippen LogP contribution in [0, 0.1) is 5.92 Å². The molecule has 1 spiro atoms. The second kappa shape index (κ2) is 6.88. The Kier molecular flexibility index (Phi) is 5.12. The van der Waals surface area contributed by atoms with Gasteiger partial charge in [0, 0.05) is 28.3 Å². The number of hydrogen-bond donors (Lipinski definition) is 2. The third kappa shape index (κ3) is 3.74. The zero-order valence-electron chi connectivity index (χ0n) is 12.2. The Bertz CT molecular complexity index is 481. The van der Waals surface area contributed by atoms with Crippen LogP contribution in [0.4, 0.5) is 0 Å². The smallest absolute Gasteiger partial charge is 0.0685 e. The predicted molar refractivity (Wildman–Crippen MR) is 88.5 cm³/mol. The van der Waals surface area contributed by atoms with E-state index in [1.54, 1.807) is 0 Å². The lowest BCUT2D eigenvalue weighted by molar-refractivity contribution is -0.146. The van der Waals surface area contributed by atoms with Crippen molar-refractivity contribution in [3.63, 3.8) is 0 Å². The minimum Gasteiger partial charge on any atom is -0.375 e. The first-order chi connectivity index (χ1) is 10.2. The molecule has 1 heterocycles. The van der Waals surface area contributed by atoms with Crippen LogP contribution in [0.2, 0.25) is 5.02 Å². The SMILES string of the molecule is NNC(CSc1cccc(Cl)c1)C1CCOC2(CCC2)C1. The molecule has 1 aromatic carbocycles. The molecule has 0 radical (unpaired) electrons. The third-order valence-electron chi connectivity index (χ3n) is 4.80. The van der Waals surface area contributed by atoms with E-state index in [2.05, 4.69) is 11.5 Å². The van der Waals surface area contributed by atoms with E-state index in [4.69, 9.17) is 22.2 Å². The Hall–Kier alpha value is -0.260. The molecule has 1 aliphatic heterocycles. The van der Waals surface area contributed by atoms with Crippen molar-refractivity contribution in [2.24, 2.45) is 11.8 Å². The molecule has 1 aliphatic carbocycles. The quantitative estimate of drug-likeness (QED) is 0.493. The van der Waals surface area contributed by atoms with Gasteiger partial charge in [0.05, 0.1) is 5.60 Å². The van der Waals surface area contributed by atoms with Gasteiger partial charge in [-0.3, -0.25) is 11.3 Å². The fourth-order valence-corrected chi connectivity index (χ4v) is 4.77. The van der Waals surface area contributed by atoms with Crippen molar-refractivity contribution < 1.29 is 4.74 Å². The number of nitrogens with two attached hydrogens (primary N) is 1. The van der Waals surface area contributed by atoms with Crippen LogP contribution >= 0.6 is 23.4 Å². The maximum absolute atomic E-state index is 6.04. The Morgan fingerprint density at radius 2 is 2.33 bits per heavy atom. The van der Waals surface area contributed by atoms with Crippen LogP contribution < -0.4 is 11.3 Å². The second-order valence-electron chi connectivity index (χ2n) is 6.18. The molecule has 0 amide bonds. The first kappa shape index (κ1) is 15.6. The zero-order valence-corrected chi connectivity index (χ0v) is 13.8. The molecule has 2 fully saturated rings. The summed E-state index contributed by atoms with van der Waals surface area (Å²) in [6.07, 6.45) is 6.01. The van der Waals surface area contributed by atoms with E-state index < -0.39 is 0 Å². The molecule has 116 valence electrons. The second-order valence-corrected chi connectivity index (χ2v) is 7.71. The molecule has 2 atom stereocenters. The number of thioether (sulfide) groups is 1. The van der Waals surface area contributed by atoms with Gasteiger partial charge in [-0.05, 0) is 56.2 Å². The lowest BCUT2D eigenvalue weighted by atomic mass is 9.70. The van der Waals surface area contributed by atoms with Gasteiger partial charge in [0.25, 0.3) is 0 Å². The highest BCUT2D eigenvalue weighted by Gasteiger charge is 2.44. The van der Waals surface area contributed by atoms with Gasteiger partial charge in [0.1, 0.15) is 0 Å². The summed E-state index contributed by atoms with van der Waals surface area (Å²) in [4.78, 5) is 1.20. The van der Waals surface area contributed by atoms with Crippen molar-refractivity contribution in [3.05, 3.63) is 29.3 Å². The van der Waals surface area contributed by atoms with Crippen LogP contribution in [0.15, 0.2) is 29.2 Å². The minimum atomic E-state index is 0.179. The van der Waals surface area contributed by atoms with Crippen LogP contribution in [0.5, 0.6) is 0 Å². The highest BCUT2D eigenvalue weighted by Crippen LogP contribution is 2.45. The van der Waals surface area contributed by atoms with Crippen molar-refractivity contribution in [1.82, 2.24) is 5.43 Å². The number of hydrogen-bond acceptors (Lipinski definition) is 4. The molecule has 2 aliphatic rings. The predicted octanol–water partition coefficient (Wildman–Crippen LogP) is 3.61. The highest BCUT2D eigenvalue weighted by atomic mass is 35.5. The van der Waals surface area contributed by atoms with E-state index in [9.17, 15) is 0 Å². The van der Waals surface area contributed by atoms with E-state index in [0.717, 1.165) is 30.2 Å². The van der Waals surface area contributed by atoms with E-state index in [1.807, 2.05) is 30.0 Å². The molecular weight excluding hydrogens is 304 g/mol. The number of ether oxygens (including phenoxy) is 1. The van der Waals surface area contributed by atoms with Gasteiger partial charge < -0.3 is 4.74 Å². The number of halogens is 1. The number of benzene rings is 1. The first-order valence-corrected chi connectivity index (χ1v) is 9.06. The molecule has 1 saturated heterocycles. The Labute approximate surface area is 135 Å². The fraction of sp³-hybridized carbons (Fsp3) is 0.625. The number of rotatable bonds is 5. The minimum absolute atomic E-state index is 0.179. The number of nitrogens with one attached hydrogen (secondary N) is 1. The Balaban J connectivity index is 1.57. The summed E-state index contributed by atoms with van der Waals surface area (Å²) in [5, 5.41) is 0.789. The normalized spacial score (nSPS) is 25.5. The van der Waals surface area contributed by atoms with E-state index in [-0.39, 0.29) is 5.60 Å².